The molecule has 2 aromatic heterocycles. The van der Waals surface area contributed by atoms with Gasteiger partial charge in [-0.05, 0) is 45.4 Å². The van der Waals surface area contributed by atoms with Crippen molar-refractivity contribution in [1.29, 1.82) is 0 Å². The Balaban J connectivity index is 1.76. The molecule has 1 aliphatic heterocycles. The van der Waals surface area contributed by atoms with Crippen molar-refractivity contribution in [3.8, 4) is 0 Å². The second-order valence-corrected chi connectivity index (χ2v) is 9.19. The van der Waals surface area contributed by atoms with E-state index in [4.69, 9.17) is 9.72 Å². The molecule has 0 saturated carbocycles. The van der Waals surface area contributed by atoms with Gasteiger partial charge in [-0.2, -0.15) is 0 Å². The summed E-state index contributed by atoms with van der Waals surface area (Å²) in [6.45, 7) is 9.13. The molecule has 4 rings (SSSR count). The quantitative estimate of drug-likeness (QED) is 0.551. The molecule has 7 heteroatoms. The highest BCUT2D eigenvalue weighted by Gasteiger charge is 2.32. The van der Waals surface area contributed by atoms with Crippen LogP contribution in [-0.2, 0) is 11.2 Å². The Bertz CT molecular complexity index is 1050. The van der Waals surface area contributed by atoms with E-state index in [0.717, 1.165) is 45.1 Å². The molecule has 148 valence electrons. The summed E-state index contributed by atoms with van der Waals surface area (Å²) in [6.07, 6.45) is 3.32. The zero-order valence-corrected chi connectivity index (χ0v) is 18.3. The van der Waals surface area contributed by atoms with Gasteiger partial charge in [-0.3, -0.25) is 4.98 Å². The number of nitrogens with zero attached hydrogens (tertiary/aromatic N) is 4. The normalized spacial score (nSPS) is 17.6. The van der Waals surface area contributed by atoms with Gasteiger partial charge in [0, 0.05) is 29.4 Å². The van der Waals surface area contributed by atoms with Gasteiger partial charge in [0.1, 0.15) is 16.9 Å². The van der Waals surface area contributed by atoms with Gasteiger partial charge in [0.25, 0.3) is 0 Å². The van der Waals surface area contributed by atoms with Crippen molar-refractivity contribution in [3.05, 3.63) is 34.7 Å². The molecule has 1 atom stereocenters. The van der Waals surface area contributed by atoms with Crippen LogP contribution in [0.1, 0.15) is 46.0 Å². The molecule has 0 N–H and O–H groups in total. The highest BCUT2D eigenvalue weighted by atomic mass is 79.9. The molecule has 6 nitrogen and oxygen atoms in total. The Morgan fingerprint density at radius 2 is 2.11 bits per heavy atom. The van der Waals surface area contributed by atoms with Crippen LogP contribution in [0.3, 0.4) is 0 Å². The average molecular weight is 445 g/mol. The summed E-state index contributed by atoms with van der Waals surface area (Å²) >= 11 is 3.58. The number of aryl methyl sites for hydroxylation is 1. The Hall–Kier alpha value is -2.15. The minimum absolute atomic E-state index is 0.178. The summed E-state index contributed by atoms with van der Waals surface area (Å²) in [5.41, 5.74) is 2.46. The SMILES string of the molecule is CCc1nc2cnc3ccc(Br)cc3c2n1[C@@H]1CCN(C(=O)OC(C)(C)C)C1. The van der Waals surface area contributed by atoms with E-state index >= 15 is 0 Å². The van der Waals surface area contributed by atoms with Crippen LogP contribution in [0.5, 0.6) is 0 Å². The first-order valence-corrected chi connectivity index (χ1v) is 10.5. The number of ether oxygens (including phenoxy) is 1. The highest BCUT2D eigenvalue weighted by molar-refractivity contribution is 9.10. The molecular weight excluding hydrogens is 420 g/mol. The molecule has 0 spiro atoms. The summed E-state index contributed by atoms with van der Waals surface area (Å²) < 4.78 is 8.89. The number of likely N-dealkylation sites (tertiary alicyclic amines) is 1. The van der Waals surface area contributed by atoms with Crippen molar-refractivity contribution < 1.29 is 9.53 Å². The fourth-order valence-corrected chi connectivity index (χ4v) is 4.25. The van der Waals surface area contributed by atoms with E-state index in [1.807, 2.05) is 39.1 Å². The molecule has 1 aromatic carbocycles. The number of pyridine rings is 1. The van der Waals surface area contributed by atoms with E-state index in [0.29, 0.717) is 13.1 Å². The van der Waals surface area contributed by atoms with Crippen LogP contribution in [0.2, 0.25) is 0 Å². The zero-order valence-electron chi connectivity index (χ0n) is 16.7. The van der Waals surface area contributed by atoms with Crippen molar-refractivity contribution in [2.24, 2.45) is 0 Å². The molecule has 0 radical (unpaired) electrons. The highest BCUT2D eigenvalue weighted by Crippen LogP contribution is 2.33. The summed E-state index contributed by atoms with van der Waals surface area (Å²) in [5, 5.41) is 1.08. The molecule has 0 unspecified atom stereocenters. The predicted octanol–water partition coefficient (Wildman–Crippen LogP) is 5.09. The first-order chi connectivity index (χ1) is 13.3. The third-order valence-electron chi connectivity index (χ3n) is 5.05. The largest absolute Gasteiger partial charge is 0.444 e. The maximum atomic E-state index is 12.5. The first kappa shape index (κ1) is 19.2. The molecule has 1 fully saturated rings. The Labute approximate surface area is 173 Å². The van der Waals surface area contributed by atoms with Gasteiger partial charge in [-0.25, -0.2) is 9.78 Å². The molecule has 28 heavy (non-hydrogen) atoms. The molecule has 3 heterocycles. The maximum absolute atomic E-state index is 12.5. The molecule has 1 amide bonds. The van der Waals surface area contributed by atoms with E-state index < -0.39 is 5.60 Å². The first-order valence-electron chi connectivity index (χ1n) is 9.70. The standard InChI is InChI=1S/C21H25BrN4O2/c1-5-18-24-17-11-23-16-7-6-13(22)10-15(16)19(17)26(18)14-8-9-25(12-14)20(27)28-21(2,3)4/h6-7,10-11,14H,5,8-9,12H2,1-4H3/t14-/m1/s1. The van der Waals surface area contributed by atoms with Gasteiger partial charge in [-0.15, -0.1) is 0 Å². The zero-order chi connectivity index (χ0) is 20.1. The van der Waals surface area contributed by atoms with E-state index in [2.05, 4.69) is 38.5 Å². The van der Waals surface area contributed by atoms with Gasteiger partial charge in [0.15, 0.2) is 0 Å². The van der Waals surface area contributed by atoms with Gasteiger partial charge in [-0.1, -0.05) is 22.9 Å². The third kappa shape index (κ3) is 3.48. The van der Waals surface area contributed by atoms with Gasteiger partial charge >= 0.3 is 6.09 Å². The summed E-state index contributed by atoms with van der Waals surface area (Å²) in [6, 6.07) is 6.30. The lowest BCUT2D eigenvalue weighted by Gasteiger charge is -2.24. The Morgan fingerprint density at radius 3 is 2.82 bits per heavy atom. The van der Waals surface area contributed by atoms with Crippen LogP contribution in [0.15, 0.2) is 28.9 Å². The van der Waals surface area contributed by atoms with E-state index in [1.54, 1.807) is 4.90 Å². The molecule has 3 aromatic rings. The maximum Gasteiger partial charge on any atom is 0.410 e. The van der Waals surface area contributed by atoms with Crippen LogP contribution >= 0.6 is 15.9 Å². The lowest BCUT2D eigenvalue weighted by atomic mass is 10.1. The number of aromatic nitrogens is 3. The molecular formula is C21H25BrN4O2. The smallest absolute Gasteiger partial charge is 0.410 e. The monoisotopic (exact) mass is 444 g/mol. The lowest BCUT2D eigenvalue weighted by Crippen LogP contribution is -2.35. The van der Waals surface area contributed by atoms with E-state index in [9.17, 15) is 4.79 Å². The van der Waals surface area contributed by atoms with Crippen LogP contribution in [0.25, 0.3) is 21.9 Å². The van der Waals surface area contributed by atoms with Crippen LogP contribution in [0, 0.1) is 0 Å². The van der Waals surface area contributed by atoms with Crippen molar-refractivity contribution in [1.82, 2.24) is 19.4 Å². The van der Waals surface area contributed by atoms with Gasteiger partial charge in [0.2, 0.25) is 0 Å². The molecule has 0 bridgehead atoms. The number of imidazole rings is 1. The number of fused-ring (bicyclic) bond motifs is 3. The Kier molecular flexibility index (Phi) is 4.81. The molecule has 1 saturated heterocycles. The number of amides is 1. The number of rotatable bonds is 2. The lowest BCUT2D eigenvalue weighted by molar-refractivity contribution is 0.0289. The van der Waals surface area contributed by atoms with Crippen molar-refractivity contribution in [2.75, 3.05) is 13.1 Å². The van der Waals surface area contributed by atoms with Gasteiger partial charge < -0.3 is 14.2 Å². The fourth-order valence-electron chi connectivity index (χ4n) is 3.88. The van der Waals surface area contributed by atoms with Crippen molar-refractivity contribution >= 4 is 44.0 Å². The topological polar surface area (TPSA) is 60.2 Å². The average Bonchev–Trinajstić information content (AvgIpc) is 3.24. The summed E-state index contributed by atoms with van der Waals surface area (Å²) in [4.78, 5) is 23.7. The second-order valence-electron chi connectivity index (χ2n) is 8.27. The van der Waals surface area contributed by atoms with Crippen LogP contribution in [-0.4, -0.2) is 44.2 Å². The third-order valence-corrected chi connectivity index (χ3v) is 5.54. The van der Waals surface area contributed by atoms with Crippen LogP contribution in [0.4, 0.5) is 4.79 Å². The fraction of sp³-hybridized carbons (Fsp3) is 0.476. The Morgan fingerprint density at radius 1 is 1.32 bits per heavy atom. The van der Waals surface area contributed by atoms with Crippen molar-refractivity contribution in [3.63, 3.8) is 0 Å². The molecule has 1 aliphatic rings. The number of halogens is 1. The number of carbonyl (C=O) groups is 1. The summed E-state index contributed by atoms with van der Waals surface area (Å²) in [5.74, 6) is 1.03. The van der Waals surface area contributed by atoms with Crippen molar-refractivity contribution in [2.45, 2.75) is 52.2 Å². The minimum atomic E-state index is -0.487. The molecule has 0 aliphatic carbocycles. The van der Waals surface area contributed by atoms with Crippen LogP contribution < -0.4 is 0 Å². The number of benzene rings is 1. The van der Waals surface area contributed by atoms with E-state index in [1.165, 1.54) is 0 Å². The summed E-state index contributed by atoms with van der Waals surface area (Å²) in [7, 11) is 0. The van der Waals surface area contributed by atoms with E-state index in [-0.39, 0.29) is 12.1 Å². The number of hydrogen-bond donors (Lipinski definition) is 0. The number of hydrogen-bond acceptors (Lipinski definition) is 4. The van der Waals surface area contributed by atoms with Gasteiger partial charge in [0.05, 0.1) is 23.3 Å². The minimum Gasteiger partial charge on any atom is -0.444 e. The second kappa shape index (κ2) is 7.03. The number of carbonyl (C=O) groups excluding carboxylic acids is 1. The predicted molar refractivity (Wildman–Crippen MR) is 114 cm³/mol.